The average Bonchev–Trinajstić information content (AvgIpc) is 2.17. The van der Waals surface area contributed by atoms with E-state index in [4.69, 9.17) is 5.73 Å². The zero-order valence-corrected chi connectivity index (χ0v) is 10.5. The van der Waals surface area contributed by atoms with Crippen LogP contribution in [-0.4, -0.2) is 11.2 Å². The minimum absolute atomic E-state index is 0.0383. The van der Waals surface area contributed by atoms with Crippen LogP contribution in [0.3, 0.4) is 0 Å². The van der Waals surface area contributed by atoms with Gasteiger partial charge in [-0.05, 0) is 38.5 Å². The number of amides is 1. The molecule has 1 aliphatic heterocycles. The van der Waals surface area contributed by atoms with E-state index in [0.717, 1.165) is 16.1 Å². The molecule has 0 radical (unpaired) electrons. The number of carbonyl (C=O) groups excluding carboxylic acids is 1. The first-order valence-corrected chi connectivity index (χ1v) is 6.17. The number of benzene rings is 1. The van der Waals surface area contributed by atoms with E-state index in [-0.39, 0.29) is 16.7 Å². The summed E-state index contributed by atoms with van der Waals surface area (Å²) in [4.78, 5) is 12.6. The van der Waals surface area contributed by atoms with Crippen molar-refractivity contribution in [3.63, 3.8) is 0 Å². The molecule has 3 nitrogen and oxygen atoms in total. The lowest BCUT2D eigenvalue weighted by Gasteiger charge is -2.25. The number of rotatable bonds is 1. The summed E-state index contributed by atoms with van der Waals surface area (Å²) in [6.45, 7) is 5.86. The monoisotopic (exact) mass is 236 g/mol. The summed E-state index contributed by atoms with van der Waals surface area (Å²) in [6.07, 6.45) is 0. The topological polar surface area (TPSA) is 55.1 Å². The second-order valence-corrected chi connectivity index (χ2v) is 6.06. The quantitative estimate of drug-likeness (QED) is 0.786. The van der Waals surface area contributed by atoms with Gasteiger partial charge in [-0.25, -0.2) is 0 Å². The van der Waals surface area contributed by atoms with Gasteiger partial charge in [-0.3, -0.25) is 4.79 Å². The number of fused-ring (bicyclic) bond motifs is 1. The highest BCUT2D eigenvalue weighted by molar-refractivity contribution is 8.00. The SMILES string of the molecule is CC1Sc2cc(C(C)(C)N)ccc2NC1=O. The van der Waals surface area contributed by atoms with Gasteiger partial charge in [-0.15, -0.1) is 11.8 Å². The lowest BCUT2D eigenvalue weighted by molar-refractivity contribution is -0.115. The van der Waals surface area contributed by atoms with E-state index in [0.29, 0.717) is 0 Å². The molecule has 1 aliphatic rings. The van der Waals surface area contributed by atoms with Gasteiger partial charge in [-0.1, -0.05) is 6.07 Å². The summed E-state index contributed by atoms with van der Waals surface area (Å²) in [6, 6.07) is 5.96. The minimum Gasteiger partial charge on any atom is -0.324 e. The van der Waals surface area contributed by atoms with Crippen LogP contribution in [0.5, 0.6) is 0 Å². The van der Waals surface area contributed by atoms with E-state index in [9.17, 15) is 4.79 Å². The zero-order valence-electron chi connectivity index (χ0n) is 9.70. The molecule has 3 N–H and O–H groups in total. The molecule has 1 unspecified atom stereocenters. The maximum Gasteiger partial charge on any atom is 0.237 e. The Kier molecular flexibility index (Phi) is 2.72. The van der Waals surface area contributed by atoms with Gasteiger partial charge < -0.3 is 11.1 Å². The maximum absolute atomic E-state index is 11.5. The Morgan fingerprint density at radius 3 is 2.75 bits per heavy atom. The third-order valence-electron chi connectivity index (χ3n) is 2.66. The number of nitrogens with two attached hydrogens (primary N) is 1. The number of carbonyl (C=O) groups is 1. The van der Waals surface area contributed by atoms with E-state index in [1.54, 1.807) is 11.8 Å². The van der Waals surface area contributed by atoms with Crippen LogP contribution in [0.2, 0.25) is 0 Å². The zero-order chi connectivity index (χ0) is 11.9. The van der Waals surface area contributed by atoms with E-state index in [1.165, 1.54) is 0 Å². The molecule has 16 heavy (non-hydrogen) atoms. The largest absolute Gasteiger partial charge is 0.324 e. The first-order valence-electron chi connectivity index (χ1n) is 5.29. The minimum atomic E-state index is -0.347. The number of nitrogens with one attached hydrogen (secondary N) is 1. The van der Waals surface area contributed by atoms with Gasteiger partial charge in [-0.2, -0.15) is 0 Å². The van der Waals surface area contributed by atoms with E-state index in [1.807, 2.05) is 32.9 Å². The van der Waals surface area contributed by atoms with Crippen molar-refractivity contribution in [3.05, 3.63) is 23.8 Å². The van der Waals surface area contributed by atoms with Crippen LogP contribution < -0.4 is 11.1 Å². The molecule has 86 valence electrons. The van der Waals surface area contributed by atoms with Gasteiger partial charge in [0.25, 0.3) is 0 Å². The molecule has 0 spiro atoms. The molecule has 0 saturated heterocycles. The smallest absolute Gasteiger partial charge is 0.237 e. The third-order valence-corrected chi connectivity index (χ3v) is 3.82. The van der Waals surface area contributed by atoms with Crippen LogP contribution in [0.25, 0.3) is 0 Å². The van der Waals surface area contributed by atoms with Crippen LogP contribution in [0.1, 0.15) is 26.3 Å². The molecule has 1 heterocycles. The van der Waals surface area contributed by atoms with Gasteiger partial charge in [0.1, 0.15) is 0 Å². The first kappa shape index (κ1) is 11.5. The van der Waals surface area contributed by atoms with Crippen molar-refractivity contribution in [1.82, 2.24) is 0 Å². The molecular formula is C12H16N2OS. The molecule has 0 aliphatic carbocycles. The van der Waals surface area contributed by atoms with Crippen molar-refractivity contribution >= 4 is 23.4 Å². The van der Waals surface area contributed by atoms with Crippen LogP contribution in [0, 0.1) is 0 Å². The molecule has 0 aromatic heterocycles. The Morgan fingerprint density at radius 1 is 1.44 bits per heavy atom. The third kappa shape index (κ3) is 2.08. The predicted octanol–water partition coefficient (Wildman–Crippen LogP) is 2.31. The highest BCUT2D eigenvalue weighted by atomic mass is 32.2. The van der Waals surface area contributed by atoms with Gasteiger partial charge in [0.15, 0.2) is 0 Å². The molecule has 1 aromatic rings. The fraction of sp³-hybridized carbons (Fsp3) is 0.417. The van der Waals surface area contributed by atoms with Gasteiger partial charge >= 0.3 is 0 Å². The highest BCUT2D eigenvalue weighted by Crippen LogP contribution is 2.37. The molecule has 2 rings (SSSR count). The molecule has 1 amide bonds. The Balaban J connectivity index is 2.40. The Hall–Kier alpha value is -1.00. The fourth-order valence-corrected chi connectivity index (χ4v) is 2.59. The number of hydrogen-bond acceptors (Lipinski definition) is 3. The number of hydrogen-bond donors (Lipinski definition) is 2. The van der Waals surface area contributed by atoms with E-state index >= 15 is 0 Å². The highest BCUT2D eigenvalue weighted by Gasteiger charge is 2.24. The normalized spacial score (nSPS) is 20.2. The van der Waals surface area contributed by atoms with Gasteiger partial charge in [0, 0.05) is 10.4 Å². The lowest BCUT2D eigenvalue weighted by Crippen LogP contribution is -2.30. The van der Waals surface area contributed by atoms with E-state index < -0.39 is 0 Å². The summed E-state index contributed by atoms with van der Waals surface area (Å²) in [5, 5.41) is 2.85. The van der Waals surface area contributed by atoms with Gasteiger partial charge in [0.05, 0.1) is 10.9 Å². The molecule has 0 bridgehead atoms. The van der Waals surface area contributed by atoms with Crippen LogP contribution in [0.4, 0.5) is 5.69 Å². The predicted molar refractivity (Wildman–Crippen MR) is 67.6 cm³/mol. The molecule has 4 heteroatoms. The Morgan fingerprint density at radius 2 is 2.12 bits per heavy atom. The average molecular weight is 236 g/mol. The van der Waals surface area contributed by atoms with E-state index in [2.05, 4.69) is 11.4 Å². The van der Waals surface area contributed by atoms with Crippen molar-refractivity contribution in [1.29, 1.82) is 0 Å². The summed E-state index contributed by atoms with van der Waals surface area (Å²) in [5.74, 6) is 0.0669. The molecule has 0 fully saturated rings. The van der Waals surface area contributed by atoms with Crippen LogP contribution in [-0.2, 0) is 10.3 Å². The van der Waals surface area contributed by atoms with Crippen molar-refractivity contribution in [2.75, 3.05) is 5.32 Å². The molecule has 1 aromatic carbocycles. The summed E-state index contributed by atoms with van der Waals surface area (Å²) < 4.78 is 0. The summed E-state index contributed by atoms with van der Waals surface area (Å²) in [5.41, 5.74) is 7.68. The molecular weight excluding hydrogens is 220 g/mol. The Labute approximate surface area is 99.8 Å². The second-order valence-electron chi connectivity index (χ2n) is 4.68. The Bertz CT molecular complexity index is 437. The maximum atomic E-state index is 11.5. The lowest BCUT2D eigenvalue weighted by atomic mass is 9.95. The number of anilines is 1. The number of thioether (sulfide) groups is 1. The fourth-order valence-electron chi connectivity index (χ4n) is 1.60. The molecule has 0 saturated carbocycles. The summed E-state index contributed by atoms with van der Waals surface area (Å²) in [7, 11) is 0. The second kappa shape index (κ2) is 3.79. The van der Waals surface area contributed by atoms with Crippen molar-refractivity contribution in [2.45, 2.75) is 36.5 Å². The standard InChI is InChI=1S/C12H16N2OS/c1-7-11(15)14-9-5-4-8(12(2,3)13)6-10(9)16-7/h4-7H,13H2,1-3H3,(H,14,15). The van der Waals surface area contributed by atoms with Crippen molar-refractivity contribution in [3.8, 4) is 0 Å². The van der Waals surface area contributed by atoms with Crippen molar-refractivity contribution < 1.29 is 4.79 Å². The summed E-state index contributed by atoms with van der Waals surface area (Å²) >= 11 is 1.58. The first-order chi connectivity index (χ1) is 7.38. The molecule has 1 atom stereocenters. The van der Waals surface area contributed by atoms with Gasteiger partial charge in [0.2, 0.25) is 5.91 Å². The van der Waals surface area contributed by atoms with Crippen molar-refractivity contribution in [2.24, 2.45) is 5.73 Å². The van der Waals surface area contributed by atoms with Crippen LogP contribution in [0.15, 0.2) is 23.1 Å². The van der Waals surface area contributed by atoms with Crippen LogP contribution >= 0.6 is 11.8 Å².